The van der Waals surface area contributed by atoms with E-state index in [1.54, 1.807) is 18.2 Å². The summed E-state index contributed by atoms with van der Waals surface area (Å²) in [7, 11) is 0. The summed E-state index contributed by atoms with van der Waals surface area (Å²) in [5.41, 5.74) is 1.08. The number of nitrogens with one attached hydrogen (secondary N) is 3. The van der Waals surface area contributed by atoms with Crippen LogP contribution in [0.15, 0.2) is 18.2 Å². The zero-order valence-electron chi connectivity index (χ0n) is 12.3. The summed E-state index contributed by atoms with van der Waals surface area (Å²) in [5.74, 6) is 0.720. The molecule has 0 saturated carbocycles. The summed E-state index contributed by atoms with van der Waals surface area (Å²) in [6.07, 6.45) is 1.05. The molecule has 2 heterocycles. The molecule has 1 saturated heterocycles. The van der Waals surface area contributed by atoms with Gasteiger partial charge in [-0.3, -0.25) is 9.59 Å². The summed E-state index contributed by atoms with van der Waals surface area (Å²) >= 11 is 0. The molecule has 120 valence electrons. The lowest BCUT2D eigenvalue weighted by Gasteiger charge is -2.30. The lowest BCUT2D eigenvalue weighted by Crippen LogP contribution is -2.50. The fourth-order valence-electron chi connectivity index (χ4n) is 2.66. The second kappa shape index (κ2) is 6.98. The molecule has 1 aromatic carbocycles. The highest BCUT2D eigenvalue weighted by atomic mass is 35.5. The molecule has 0 aromatic heterocycles. The molecule has 2 aliphatic rings. The predicted octanol–water partition coefficient (Wildman–Crippen LogP) is 1.17. The molecule has 0 radical (unpaired) electrons. The average molecular weight is 326 g/mol. The van der Waals surface area contributed by atoms with Crippen LogP contribution in [-0.4, -0.2) is 37.6 Å². The van der Waals surface area contributed by atoms with Crippen molar-refractivity contribution >= 4 is 29.9 Å². The van der Waals surface area contributed by atoms with Crippen LogP contribution in [-0.2, 0) is 4.79 Å². The van der Waals surface area contributed by atoms with Crippen molar-refractivity contribution in [1.29, 1.82) is 0 Å². The number of amides is 2. The number of carbonyl (C=O) groups excluding carboxylic acids is 2. The maximum Gasteiger partial charge on any atom is 0.262 e. The van der Waals surface area contributed by atoms with E-state index in [4.69, 9.17) is 4.74 Å². The van der Waals surface area contributed by atoms with E-state index in [9.17, 15) is 9.59 Å². The number of hydrogen-bond acceptors (Lipinski definition) is 4. The molecule has 7 heteroatoms. The molecule has 2 amide bonds. The molecule has 6 nitrogen and oxygen atoms in total. The summed E-state index contributed by atoms with van der Waals surface area (Å²) in [6, 6.07) is 5.22. The van der Waals surface area contributed by atoms with Gasteiger partial charge in [-0.05, 0) is 37.1 Å². The van der Waals surface area contributed by atoms with Gasteiger partial charge in [-0.1, -0.05) is 6.92 Å². The smallest absolute Gasteiger partial charge is 0.262 e. The van der Waals surface area contributed by atoms with Crippen LogP contribution in [0.25, 0.3) is 0 Å². The van der Waals surface area contributed by atoms with Crippen LogP contribution in [0.5, 0.6) is 5.75 Å². The molecule has 1 aromatic rings. The zero-order chi connectivity index (χ0) is 14.8. The van der Waals surface area contributed by atoms with Crippen LogP contribution in [0.1, 0.15) is 23.7 Å². The van der Waals surface area contributed by atoms with E-state index in [1.165, 1.54) is 0 Å². The monoisotopic (exact) mass is 325 g/mol. The Labute approximate surface area is 135 Å². The van der Waals surface area contributed by atoms with Crippen LogP contribution in [0.2, 0.25) is 0 Å². The second-order valence-corrected chi connectivity index (χ2v) is 5.60. The number of halogens is 1. The molecular weight excluding hydrogens is 306 g/mol. The molecule has 0 aliphatic carbocycles. The largest absolute Gasteiger partial charge is 0.482 e. The average Bonchev–Trinajstić information content (AvgIpc) is 2.48. The number of ether oxygens (including phenoxy) is 1. The van der Waals surface area contributed by atoms with E-state index >= 15 is 0 Å². The lowest BCUT2D eigenvalue weighted by atomic mass is 9.94. The zero-order valence-corrected chi connectivity index (χ0v) is 13.2. The molecule has 3 rings (SSSR count). The first-order valence-corrected chi connectivity index (χ1v) is 7.22. The van der Waals surface area contributed by atoms with Gasteiger partial charge >= 0.3 is 0 Å². The van der Waals surface area contributed by atoms with Crippen LogP contribution >= 0.6 is 12.4 Å². The number of rotatable bonds is 2. The fraction of sp³-hybridized carbons (Fsp3) is 0.467. The third-order valence-electron chi connectivity index (χ3n) is 4.02. The number of fused-ring (bicyclic) bond motifs is 1. The van der Waals surface area contributed by atoms with Crippen LogP contribution < -0.4 is 20.7 Å². The normalized spacial score (nSPS) is 23.4. The maximum absolute atomic E-state index is 12.3. The van der Waals surface area contributed by atoms with Gasteiger partial charge in [0.1, 0.15) is 5.75 Å². The first kappa shape index (κ1) is 16.6. The Morgan fingerprint density at radius 2 is 2.23 bits per heavy atom. The van der Waals surface area contributed by atoms with Gasteiger partial charge in [0.2, 0.25) is 0 Å². The molecule has 22 heavy (non-hydrogen) atoms. The molecule has 2 unspecified atom stereocenters. The van der Waals surface area contributed by atoms with Crippen molar-refractivity contribution in [2.75, 3.05) is 25.0 Å². The van der Waals surface area contributed by atoms with Crippen LogP contribution in [0.4, 0.5) is 5.69 Å². The van der Waals surface area contributed by atoms with Crippen LogP contribution in [0.3, 0.4) is 0 Å². The van der Waals surface area contributed by atoms with E-state index in [0.29, 0.717) is 22.9 Å². The number of hydrogen-bond donors (Lipinski definition) is 3. The van der Waals surface area contributed by atoms with E-state index < -0.39 is 0 Å². The molecule has 0 spiro atoms. The van der Waals surface area contributed by atoms with Crippen LogP contribution in [0, 0.1) is 5.92 Å². The van der Waals surface area contributed by atoms with Gasteiger partial charge in [-0.2, -0.15) is 0 Å². The second-order valence-electron chi connectivity index (χ2n) is 5.60. The summed E-state index contributed by atoms with van der Waals surface area (Å²) in [4.78, 5) is 23.7. The number of carbonyl (C=O) groups is 2. The number of benzene rings is 1. The van der Waals surface area contributed by atoms with E-state index in [-0.39, 0.29) is 36.9 Å². The minimum absolute atomic E-state index is 0. The highest BCUT2D eigenvalue weighted by molar-refractivity contribution is 5.99. The quantitative estimate of drug-likeness (QED) is 0.762. The topological polar surface area (TPSA) is 79.5 Å². The highest BCUT2D eigenvalue weighted by Crippen LogP contribution is 2.28. The van der Waals surface area contributed by atoms with Crippen molar-refractivity contribution in [3.8, 4) is 5.75 Å². The Balaban J connectivity index is 0.00000176. The summed E-state index contributed by atoms with van der Waals surface area (Å²) in [5, 5.41) is 9.05. The first-order valence-electron chi connectivity index (χ1n) is 7.22. The highest BCUT2D eigenvalue weighted by Gasteiger charge is 2.24. The Morgan fingerprint density at radius 3 is 3.00 bits per heavy atom. The third kappa shape index (κ3) is 3.51. The van der Waals surface area contributed by atoms with E-state index in [1.807, 2.05) is 0 Å². The Bertz CT molecular complexity index is 579. The van der Waals surface area contributed by atoms with Crippen molar-refractivity contribution in [2.24, 2.45) is 5.92 Å². The number of piperidine rings is 1. The van der Waals surface area contributed by atoms with Gasteiger partial charge in [-0.15, -0.1) is 12.4 Å². The molecule has 1 fully saturated rings. The van der Waals surface area contributed by atoms with Gasteiger partial charge in [0, 0.05) is 18.2 Å². The van der Waals surface area contributed by atoms with Gasteiger partial charge in [-0.25, -0.2) is 0 Å². The Morgan fingerprint density at radius 1 is 1.41 bits per heavy atom. The van der Waals surface area contributed by atoms with E-state index in [2.05, 4.69) is 22.9 Å². The summed E-state index contributed by atoms with van der Waals surface area (Å²) in [6.45, 7) is 3.95. The minimum Gasteiger partial charge on any atom is -0.482 e. The number of anilines is 1. The van der Waals surface area contributed by atoms with Gasteiger partial charge < -0.3 is 20.7 Å². The molecule has 3 N–H and O–H groups in total. The predicted molar refractivity (Wildman–Crippen MR) is 85.7 cm³/mol. The Hall–Kier alpha value is -1.79. The van der Waals surface area contributed by atoms with Crippen molar-refractivity contribution in [3.05, 3.63) is 23.8 Å². The van der Waals surface area contributed by atoms with Crippen molar-refractivity contribution in [3.63, 3.8) is 0 Å². The van der Waals surface area contributed by atoms with Crippen molar-refractivity contribution < 1.29 is 14.3 Å². The molecular formula is C15H20ClN3O3. The van der Waals surface area contributed by atoms with Gasteiger partial charge in [0.15, 0.2) is 6.61 Å². The lowest BCUT2D eigenvalue weighted by molar-refractivity contribution is -0.118. The molecule has 2 aliphatic heterocycles. The first-order chi connectivity index (χ1) is 10.1. The maximum atomic E-state index is 12.3. The minimum atomic E-state index is -0.204. The molecule has 0 bridgehead atoms. The fourth-order valence-corrected chi connectivity index (χ4v) is 2.66. The third-order valence-corrected chi connectivity index (χ3v) is 4.02. The molecule has 2 atom stereocenters. The summed E-state index contributed by atoms with van der Waals surface area (Å²) < 4.78 is 5.28. The SMILES string of the molecule is CC1CCNCC1NC(=O)c1ccc2c(c1)NC(=O)CO2.Cl. The van der Waals surface area contributed by atoms with E-state index in [0.717, 1.165) is 19.5 Å². The van der Waals surface area contributed by atoms with Crippen molar-refractivity contribution in [1.82, 2.24) is 10.6 Å². The Kier molecular flexibility index (Phi) is 5.26. The van der Waals surface area contributed by atoms with Crippen molar-refractivity contribution in [2.45, 2.75) is 19.4 Å². The van der Waals surface area contributed by atoms with Gasteiger partial charge in [0.25, 0.3) is 11.8 Å². The van der Waals surface area contributed by atoms with Gasteiger partial charge in [0.05, 0.1) is 5.69 Å². The standard InChI is InChI=1S/C15H19N3O3.ClH/c1-9-4-5-16-7-12(9)18-15(20)10-2-3-13-11(6-10)17-14(19)8-21-13;/h2-3,6,9,12,16H,4-5,7-8H2,1H3,(H,17,19)(H,18,20);1H.